The van der Waals surface area contributed by atoms with Crippen LogP contribution in [0.2, 0.25) is 0 Å². The molecule has 4 atom stereocenters. The van der Waals surface area contributed by atoms with Gasteiger partial charge < -0.3 is 24.1 Å². The van der Waals surface area contributed by atoms with Crippen LogP contribution in [0.3, 0.4) is 0 Å². The van der Waals surface area contributed by atoms with Gasteiger partial charge in [0.2, 0.25) is 0 Å². The molecule has 2 unspecified atom stereocenters. The van der Waals surface area contributed by atoms with E-state index in [2.05, 4.69) is 0 Å². The molecule has 1 saturated heterocycles. The highest BCUT2D eigenvalue weighted by Gasteiger charge is 2.48. The molecule has 1 heterocycles. The molecule has 8 nitrogen and oxygen atoms in total. The molecule has 0 saturated carbocycles. The number of carbonyl (C=O) groups excluding carboxylic acids is 3. The van der Waals surface area contributed by atoms with Gasteiger partial charge in [0, 0.05) is 20.8 Å². The van der Waals surface area contributed by atoms with Crippen molar-refractivity contribution in [2.45, 2.75) is 45.4 Å². The Labute approximate surface area is 109 Å². The van der Waals surface area contributed by atoms with Gasteiger partial charge in [0.1, 0.15) is 12.7 Å². The Hall–Kier alpha value is -1.67. The van der Waals surface area contributed by atoms with Crippen LogP contribution in [0.15, 0.2) is 0 Å². The number of rotatable bonds is 4. The van der Waals surface area contributed by atoms with Crippen LogP contribution in [0.25, 0.3) is 0 Å². The van der Waals surface area contributed by atoms with E-state index in [4.69, 9.17) is 18.9 Å². The Morgan fingerprint density at radius 2 is 1.53 bits per heavy atom. The highest BCUT2D eigenvalue weighted by atomic mass is 16.7. The standard InChI is InChI=1S/C11H16O8/c1-5(12)16-4-8-9(17-6(2)13)10(11(15)19-8)18-7(3)14/h8-11,15H,4H2,1-3H3/t8?,9-,10-,11?/m0/s1. The van der Waals surface area contributed by atoms with Gasteiger partial charge in [-0.1, -0.05) is 0 Å². The summed E-state index contributed by atoms with van der Waals surface area (Å²) in [5.41, 5.74) is 0. The van der Waals surface area contributed by atoms with Crippen LogP contribution in [0.4, 0.5) is 0 Å². The lowest BCUT2D eigenvalue weighted by Gasteiger charge is -2.21. The van der Waals surface area contributed by atoms with Crippen LogP contribution < -0.4 is 0 Å². The maximum absolute atomic E-state index is 11.0. The first kappa shape index (κ1) is 15.4. The zero-order valence-corrected chi connectivity index (χ0v) is 10.8. The summed E-state index contributed by atoms with van der Waals surface area (Å²) in [5, 5.41) is 9.63. The summed E-state index contributed by atoms with van der Waals surface area (Å²) >= 11 is 0. The second kappa shape index (κ2) is 6.48. The van der Waals surface area contributed by atoms with E-state index < -0.39 is 42.5 Å². The number of ether oxygens (including phenoxy) is 4. The molecule has 1 N–H and O–H groups in total. The molecule has 0 aromatic carbocycles. The molecular weight excluding hydrogens is 260 g/mol. The molecule has 0 spiro atoms. The van der Waals surface area contributed by atoms with Crippen LogP contribution in [-0.2, 0) is 33.3 Å². The Balaban J connectivity index is 2.76. The summed E-state index contributed by atoms with van der Waals surface area (Å²) in [7, 11) is 0. The van der Waals surface area contributed by atoms with E-state index in [1.54, 1.807) is 0 Å². The minimum Gasteiger partial charge on any atom is -0.463 e. The third kappa shape index (κ3) is 4.49. The molecule has 8 heteroatoms. The predicted molar refractivity (Wildman–Crippen MR) is 58.6 cm³/mol. The van der Waals surface area contributed by atoms with Crippen LogP contribution in [0.1, 0.15) is 20.8 Å². The summed E-state index contributed by atoms with van der Waals surface area (Å²) in [4.78, 5) is 32.7. The largest absolute Gasteiger partial charge is 0.463 e. The summed E-state index contributed by atoms with van der Waals surface area (Å²) in [6, 6.07) is 0. The summed E-state index contributed by atoms with van der Waals surface area (Å²) in [5.74, 6) is -1.83. The van der Waals surface area contributed by atoms with Gasteiger partial charge in [-0.25, -0.2) is 0 Å². The van der Waals surface area contributed by atoms with E-state index in [0.29, 0.717) is 0 Å². The van der Waals surface area contributed by atoms with Gasteiger partial charge in [-0.05, 0) is 0 Å². The van der Waals surface area contributed by atoms with Gasteiger partial charge in [-0.3, -0.25) is 14.4 Å². The van der Waals surface area contributed by atoms with E-state index in [1.807, 2.05) is 0 Å². The van der Waals surface area contributed by atoms with Crippen LogP contribution in [-0.4, -0.2) is 54.2 Å². The highest BCUT2D eigenvalue weighted by Crippen LogP contribution is 2.26. The average molecular weight is 276 g/mol. The molecule has 0 radical (unpaired) electrons. The SMILES string of the molecule is CC(=O)OCC1OC(O)[C@@H](OC(C)=O)[C@H]1OC(C)=O. The van der Waals surface area contributed by atoms with Gasteiger partial charge >= 0.3 is 17.9 Å². The molecule has 108 valence electrons. The molecule has 1 rings (SSSR count). The molecule has 1 aliphatic rings. The fourth-order valence-corrected chi connectivity index (χ4v) is 1.69. The molecular formula is C11H16O8. The zero-order chi connectivity index (χ0) is 14.6. The number of carbonyl (C=O) groups is 3. The summed E-state index contributed by atoms with van der Waals surface area (Å²) in [6.45, 7) is 3.30. The smallest absolute Gasteiger partial charge is 0.303 e. The van der Waals surface area contributed by atoms with Crippen molar-refractivity contribution in [3.8, 4) is 0 Å². The highest BCUT2D eigenvalue weighted by molar-refractivity contribution is 5.67. The number of hydrogen-bond donors (Lipinski definition) is 1. The maximum atomic E-state index is 11.0. The number of esters is 3. The first-order chi connectivity index (χ1) is 8.81. The van der Waals surface area contributed by atoms with Gasteiger partial charge in [-0.15, -0.1) is 0 Å². The Kier molecular flexibility index (Phi) is 5.25. The first-order valence-corrected chi connectivity index (χ1v) is 5.62. The van der Waals surface area contributed by atoms with Crippen molar-refractivity contribution >= 4 is 17.9 Å². The minimum absolute atomic E-state index is 0.220. The zero-order valence-electron chi connectivity index (χ0n) is 10.8. The fraction of sp³-hybridized carbons (Fsp3) is 0.727. The molecule has 1 aliphatic heterocycles. The van der Waals surface area contributed by atoms with E-state index in [-0.39, 0.29) is 6.61 Å². The molecule has 0 amide bonds. The topological polar surface area (TPSA) is 108 Å². The molecule has 0 aliphatic carbocycles. The molecule has 1 fully saturated rings. The number of aliphatic hydroxyl groups is 1. The second-order valence-electron chi connectivity index (χ2n) is 4.02. The van der Waals surface area contributed by atoms with E-state index in [9.17, 15) is 19.5 Å². The van der Waals surface area contributed by atoms with E-state index in [1.165, 1.54) is 13.8 Å². The quantitative estimate of drug-likeness (QED) is 0.521. The van der Waals surface area contributed by atoms with Crippen molar-refractivity contribution in [3.05, 3.63) is 0 Å². The summed E-state index contributed by atoms with van der Waals surface area (Å²) < 4.78 is 19.6. The van der Waals surface area contributed by atoms with E-state index >= 15 is 0 Å². The summed E-state index contributed by atoms with van der Waals surface area (Å²) in [6.07, 6.45) is -4.53. The minimum atomic E-state index is -1.45. The molecule has 19 heavy (non-hydrogen) atoms. The Morgan fingerprint density at radius 3 is 2.00 bits per heavy atom. The van der Waals surface area contributed by atoms with Crippen molar-refractivity contribution in [3.63, 3.8) is 0 Å². The molecule has 0 aromatic heterocycles. The second-order valence-corrected chi connectivity index (χ2v) is 4.02. The Bertz CT molecular complexity index is 366. The first-order valence-electron chi connectivity index (χ1n) is 5.62. The normalized spacial score (nSPS) is 29.7. The lowest BCUT2D eigenvalue weighted by molar-refractivity contribution is -0.174. The van der Waals surface area contributed by atoms with Crippen LogP contribution >= 0.6 is 0 Å². The predicted octanol–water partition coefficient (Wildman–Crippen LogP) is -0.870. The fourth-order valence-electron chi connectivity index (χ4n) is 1.69. The van der Waals surface area contributed by atoms with Crippen molar-refractivity contribution in [1.82, 2.24) is 0 Å². The maximum Gasteiger partial charge on any atom is 0.303 e. The van der Waals surface area contributed by atoms with Gasteiger partial charge in [0.15, 0.2) is 18.5 Å². The Morgan fingerprint density at radius 1 is 1.00 bits per heavy atom. The number of hydrogen-bond acceptors (Lipinski definition) is 8. The molecule has 0 aromatic rings. The third-order valence-electron chi connectivity index (χ3n) is 2.34. The van der Waals surface area contributed by atoms with Gasteiger partial charge in [-0.2, -0.15) is 0 Å². The van der Waals surface area contributed by atoms with Crippen LogP contribution in [0, 0.1) is 0 Å². The molecule has 0 bridgehead atoms. The van der Waals surface area contributed by atoms with Crippen LogP contribution in [0.5, 0.6) is 0 Å². The average Bonchev–Trinajstić information content (AvgIpc) is 2.53. The van der Waals surface area contributed by atoms with Crippen molar-refractivity contribution in [2.75, 3.05) is 6.61 Å². The van der Waals surface area contributed by atoms with Gasteiger partial charge in [0.25, 0.3) is 0 Å². The van der Waals surface area contributed by atoms with Crippen molar-refractivity contribution < 1.29 is 38.4 Å². The third-order valence-corrected chi connectivity index (χ3v) is 2.34. The lowest BCUT2D eigenvalue weighted by atomic mass is 10.1. The van der Waals surface area contributed by atoms with Crippen molar-refractivity contribution in [1.29, 1.82) is 0 Å². The van der Waals surface area contributed by atoms with E-state index in [0.717, 1.165) is 6.92 Å². The number of aliphatic hydroxyl groups excluding tert-OH is 1. The van der Waals surface area contributed by atoms with Crippen molar-refractivity contribution in [2.24, 2.45) is 0 Å². The lowest BCUT2D eigenvalue weighted by Crippen LogP contribution is -2.41. The van der Waals surface area contributed by atoms with Gasteiger partial charge in [0.05, 0.1) is 0 Å². The monoisotopic (exact) mass is 276 g/mol.